The maximum absolute atomic E-state index is 11.8. The highest BCUT2D eigenvalue weighted by Crippen LogP contribution is 2.22. The first-order chi connectivity index (χ1) is 10.1. The summed E-state index contributed by atoms with van der Waals surface area (Å²) in [4.78, 5) is 11.8. The summed E-state index contributed by atoms with van der Waals surface area (Å²) in [7, 11) is 1.59. The van der Waals surface area contributed by atoms with Crippen molar-refractivity contribution in [2.75, 3.05) is 32.1 Å². The van der Waals surface area contributed by atoms with E-state index in [4.69, 9.17) is 9.47 Å². The van der Waals surface area contributed by atoms with E-state index in [1.165, 1.54) is 0 Å². The van der Waals surface area contributed by atoms with Crippen molar-refractivity contribution in [2.45, 2.75) is 32.8 Å². The minimum atomic E-state index is -0.0714. The van der Waals surface area contributed by atoms with Crippen LogP contribution in [0.2, 0.25) is 0 Å². The second-order valence-electron chi connectivity index (χ2n) is 5.05. The molecular weight excluding hydrogens is 268 g/mol. The van der Waals surface area contributed by atoms with Crippen LogP contribution in [0.1, 0.15) is 26.7 Å². The Bertz CT molecular complexity index is 422. The van der Waals surface area contributed by atoms with Crippen LogP contribution < -0.4 is 15.4 Å². The Balaban J connectivity index is 2.14. The van der Waals surface area contributed by atoms with E-state index in [2.05, 4.69) is 10.6 Å². The van der Waals surface area contributed by atoms with E-state index in [0.717, 1.165) is 26.0 Å². The number of amides is 1. The van der Waals surface area contributed by atoms with Gasteiger partial charge in [0, 0.05) is 6.61 Å². The van der Waals surface area contributed by atoms with Crippen LogP contribution in [-0.4, -0.2) is 38.8 Å². The lowest BCUT2D eigenvalue weighted by molar-refractivity contribution is -0.115. The third-order valence-electron chi connectivity index (χ3n) is 2.87. The Labute approximate surface area is 127 Å². The van der Waals surface area contributed by atoms with Crippen LogP contribution in [0.25, 0.3) is 0 Å². The zero-order valence-electron chi connectivity index (χ0n) is 13.1. The zero-order valence-corrected chi connectivity index (χ0v) is 13.1. The van der Waals surface area contributed by atoms with E-state index >= 15 is 0 Å². The van der Waals surface area contributed by atoms with Gasteiger partial charge in [0.05, 0.1) is 25.4 Å². The lowest BCUT2D eigenvalue weighted by Gasteiger charge is -2.10. The van der Waals surface area contributed by atoms with Crippen LogP contribution in [-0.2, 0) is 9.53 Å². The van der Waals surface area contributed by atoms with Gasteiger partial charge < -0.3 is 20.1 Å². The van der Waals surface area contributed by atoms with Crippen LogP contribution >= 0.6 is 0 Å². The van der Waals surface area contributed by atoms with Crippen molar-refractivity contribution in [3.8, 4) is 5.75 Å². The average molecular weight is 294 g/mol. The highest BCUT2D eigenvalue weighted by Gasteiger charge is 2.05. The third kappa shape index (κ3) is 7.68. The highest BCUT2D eigenvalue weighted by molar-refractivity contribution is 5.93. The number of anilines is 1. The summed E-state index contributed by atoms with van der Waals surface area (Å²) in [6.45, 7) is 5.93. The SMILES string of the molecule is COc1ccccc1NC(=O)CNCCCCOC(C)C. The van der Waals surface area contributed by atoms with Crippen molar-refractivity contribution in [3.05, 3.63) is 24.3 Å². The Hall–Kier alpha value is -1.59. The fraction of sp³-hybridized carbons (Fsp3) is 0.562. The molecule has 118 valence electrons. The van der Waals surface area contributed by atoms with Gasteiger partial charge in [-0.25, -0.2) is 0 Å². The summed E-state index contributed by atoms with van der Waals surface area (Å²) in [5.74, 6) is 0.592. The molecule has 1 aromatic carbocycles. The summed E-state index contributed by atoms with van der Waals surface area (Å²) in [5.41, 5.74) is 0.692. The molecule has 1 amide bonds. The molecule has 0 radical (unpaired) electrons. The predicted octanol–water partition coefficient (Wildman–Crippen LogP) is 2.43. The molecule has 0 aromatic heterocycles. The van der Waals surface area contributed by atoms with Crippen LogP contribution in [0.15, 0.2) is 24.3 Å². The number of methoxy groups -OCH3 is 1. The molecule has 0 atom stereocenters. The van der Waals surface area contributed by atoms with Gasteiger partial charge in [-0.3, -0.25) is 4.79 Å². The summed E-state index contributed by atoms with van der Waals surface area (Å²) in [5, 5.41) is 5.95. The molecule has 0 saturated heterocycles. The van der Waals surface area contributed by atoms with Crippen molar-refractivity contribution >= 4 is 11.6 Å². The van der Waals surface area contributed by atoms with E-state index in [0.29, 0.717) is 18.0 Å². The van der Waals surface area contributed by atoms with Crippen molar-refractivity contribution < 1.29 is 14.3 Å². The number of carbonyl (C=O) groups is 1. The molecule has 0 aliphatic rings. The molecule has 0 heterocycles. The summed E-state index contributed by atoms with van der Waals surface area (Å²) in [6.07, 6.45) is 2.28. The number of hydrogen-bond acceptors (Lipinski definition) is 4. The minimum absolute atomic E-state index is 0.0714. The summed E-state index contributed by atoms with van der Waals surface area (Å²) in [6, 6.07) is 7.37. The number of para-hydroxylation sites is 2. The van der Waals surface area contributed by atoms with Gasteiger partial charge in [0.25, 0.3) is 0 Å². The lowest BCUT2D eigenvalue weighted by atomic mass is 10.3. The molecule has 0 aliphatic heterocycles. The molecule has 5 heteroatoms. The maximum Gasteiger partial charge on any atom is 0.238 e. The summed E-state index contributed by atoms with van der Waals surface area (Å²) >= 11 is 0. The van der Waals surface area contributed by atoms with Gasteiger partial charge in [-0.15, -0.1) is 0 Å². The number of nitrogens with one attached hydrogen (secondary N) is 2. The third-order valence-corrected chi connectivity index (χ3v) is 2.87. The molecule has 2 N–H and O–H groups in total. The second kappa shape index (κ2) is 10.2. The number of carbonyl (C=O) groups excluding carboxylic acids is 1. The van der Waals surface area contributed by atoms with Gasteiger partial charge in [-0.2, -0.15) is 0 Å². The molecule has 0 fully saturated rings. The van der Waals surface area contributed by atoms with Crippen LogP contribution in [0.3, 0.4) is 0 Å². The number of unbranched alkanes of at least 4 members (excludes halogenated alkanes) is 1. The van der Waals surface area contributed by atoms with Crippen molar-refractivity contribution in [3.63, 3.8) is 0 Å². The minimum Gasteiger partial charge on any atom is -0.495 e. The Morgan fingerprint density at radius 1 is 1.24 bits per heavy atom. The molecular formula is C16H26N2O3. The zero-order chi connectivity index (χ0) is 15.5. The Morgan fingerprint density at radius 2 is 2.00 bits per heavy atom. The predicted molar refractivity (Wildman–Crippen MR) is 84.8 cm³/mol. The molecule has 0 unspecified atom stereocenters. The fourth-order valence-corrected chi connectivity index (χ4v) is 1.82. The Kier molecular flexibility index (Phi) is 8.47. The highest BCUT2D eigenvalue weighted by atomic mass is 16.5. The Morgan fingerprint density at radius 3 is 2.71 bits per heavy atom. The molecule has 0 aliphatic carbocycles. The number of hydrogen-bond donors (Lipinski definition) is 2. The van der Waals surface area contributed by atoms with Crippen LogP contribution in [0.5, 0.6) is 5.75 Å². The number of benzene rings is 1. The first-order valence-corrected chi connectivity index (χ1v) is 7.38. The molecule has 21 heavy (non-hydrogen) atoms. The van der Waals surface area contributed by atoms with E-state index in [-0.39, 0.29) is 12.0 Å². The van der Waals surface area contributed by atoms with Gasteiger partial charge >= 0.3 is 0 Å². The molecule has 0 bridgehead atoms. The quantitative estimate of drug-likeness (QED) is 0.651. The molecule has 0 spiro atoms. The second-order valence-corrected chi connectivity index (χ2v) is 5.05. The standard InChI is InChI=1S/C16H26N2O3/c1-13(2)21-11-7-6-10-17-12-16(19)18-14-8-4-5-9-15(14)20-3/h4-5,8-9,13,17H,6-7,10-12H2,1-3H3,(H,18,19). The van der Waals surface area contributed by atoms with Gasteiger partial charge in [-0.05, 0) is 45.4 Å². The van der Waals surface area contributed by atoms with E-state index in [9.17, 15) is 4.79 Å². The van der Waals surface area contributed by atoms with Crippen molar-refractivity contribution in [1.82, 2.24) is 5.32 Å². The molecule has 0 saturated carbocycles. The van der Waals surface area contributed by atoms with E-state index in [1.807, 2.05) is 38.1 Å². The van der Waals surface area contributed by atoms with Gasteiger partial charge in [0.2, 0.25) is 5.91 Å². The van der Waals surface area contributed by atoms with Gasteiger partial charge in [0.1, 0.15) is 5.75 Å². The smallest absolute Gasteiger partial charge is 0.238 e. The normalized spacial score (nSPS) is 10.7. The largest absolute Gasteiger partial charge is 0.495 e. The lowest BCUT2D eigenvalue weighted by Crippen LogP contribution is -2.29. The molecule has 5 nitrogen and oxygen atoms in total. The van der Waals surface area contributed by atoms with Gasteiger partial charge in [0.15, 0.2) is 0 Å². The van der Waals surface area contributed by atoms with Crippen LogP contribution in [0.4, 0.5) is 5.69 Å². The van der Waals surface area contributed by atoms with Crippen LogP contribution in [0, 0.1) is 0 Å². The fourth-order valence-electron chi connectivity index (χ4n) is 1.82. The van der Waals surface area contributed by atoms with E-state index < -0.39 is 0 Å². The first kappa shape index (κ1) is 17.5. The summed E-state index contributed by atoms with van der Waals surface area (Å²) < 4.78 is 10.6. The average Bonchev–Trinajstić information content (AvgIpc) is 2.46. The van der Waals surface area contributed by atoms with E-state index in [1.54, 1.807) is 7.11 Å². The number of ether oxygens (including phenoxy) is 2. The number of rotatable bonds is 10. The molecule has 1 aromatic rings. The molecule has 1 rings (SSSR count). The van der Waals surface area contributed by atoms with Gasteiger partial charge in [-0.1, -0.05) is 12.1 Å². The topological polar surface area (TPSA) is 59.6 Å². The maximum atomic E-state index is 11.8. The van der Waals surface area contributed by atoms with Crippen molar-refractivity contribution in [1.29, 1.82) is 0 Å². The van der Waals surface area contributed by atoms with Crippen molar-refractivity contribution in [2.24, 2.45) is 0 Å². The first-order valence-electron chi connectivity index (χ1n) is 7.38. The monoisotopic (exact) mass is 294 g/mol.